The number of hydrogen-bond donors (Lipinski definition) is 0. The van der Waals surface area contributed by atoms with Crippen LogP contribution in [0.5, 0.6) is 0 Å². The molecule has 0 N–H and O–H groups in total. The van der Waals surface area contributed by atoms with Crippen LogP contribution in [0.15, 0.2) is 4.52 Å². The summed E-state index contributed by atoms with van der Waals surface area (Å²) in [5.74, 6) is 1.37. The lowest BCUT2D eigenvalue weighted by Gasteiger charge is -2.16. The summed E-state index contributed by atoms with van der Waals surface area (Å²) in [6.07, 6.45) is 4.30. The Morgan fingerprint density at radius 1 is 1.11 bits per heavy atom. The molecule has 2 heterocycles. The molecule has 0 spiro atoms. The summed E-state index contributed by atoms with van der Waals surface area (Å²) in [6.45, 7) is 3.76. The van der Waals surface area contributed by atoms with Crippen LogP contribution >= 0.6 is 11.6 Å². The maximum atomic E-state index is 6.27. The van der Waals surface area contributed by atoms with E-state index in [9.17, 15) is 0 Å². The molecule has 3 rings (SSSR count). The highest BCUT2D eigenvalue weighted by Gasteiger charge is 2.20. The molecule has 0 fully saturated rings. The summed E-state index contributed by atoms with van der Waals surface area (Å²) in [5, 5.41) is 4.51. The van der Waals surface area contributed by atoms with E-state index in [0.29, 0.717) is 11.0 Å². The molecule has 2 aromatic heterocycles. The SMILES string of the molecule is Cc1noc(C)c1-c1nc(Cl)c2c(n1)CCCC2. The normalized spacial score (nSPS) is 14.6. The van der Waals surface area contributed by atoms with Crippen LogP contribution in [0.4, 0.5) is 0 Å². The van der Waals surface area contributed by atoms with Crippen molar-refractivity contribution in [2.75, 3.05) is 0 Å². The van der Waals surface area contributed by atoms with Crippen molar-refractivity contribution in [1.29, 1.82) is 0 Å². The summed E-state index contributed by atoms with van der Waals surface area (Å²) in [7, 11) is 0. The zero-order chi connectivity index (χ0) is 12.7. The van der Waals surface area contributed by atoms with Crippen molar-refractivity contribution in [2.45, 2.75) is 39.5 Å². The van der Waals surface area contributed by atoms with Crippen molar-refractivity contribution in [3.8, 4) is 11.4 Å². The molecule has 4 nitrogen and oxygen atoms in total. The minimum Gasteiger partial charge on any atom is -0.361 e. The first-order chi connectivity index (χ1) is 8.66. The monoisotopic (exact) mass is 263 g/mol. The maximum absolute atomic E-state index is 6.27. The molecule has 2 aromatic rings. The van der Waals surface area contributed by atoms with Crippen LogP contribution in [0.25, 0.3) is 11.4 Å². The first-order valence-corrected chi connectivity index (χ1v) is 6.53. The van der Waals surface area contributed by atoms with Crippen LogP contribution in [0.3, 0.4) is 0 Å². The number of aryl methyl sites for hydroxylation is 3. The number of nitrogens with zero attached hydrogens (tertiary/aromatic N) is 3. The molecule has 0 unspecified atom stereocenters. The van der Waals surface area contributed by atoms with E-state index in [-0.39, 0.29) is 0 Å². The van der Waals surface area contributed by atoms with Crippen LogP contribution in [0, 0.1) is 13.8 Å². The number of halogens is 1. The van der Waals surface area contributed by atoms with Crippen molar-refractivity contribution in [2.24, 2.45) is 0 Å². The predicted octanol–water partition coefficient (Wildman–Crippen LogP) is 3.28. The van der Waals surface area contributed by atoms with Crippen molar-refractivity contribution in [3.63, 3.8) is 0 Å². The molecule has 5 heteroatoms. The Hall–Kier alpha value is -1.42. The van der Waals surface area contributed by atoms with Gasteiger partial charge in [0, 0.05) is 11.3 Å². The fourth-order valence-electron chi connectivity index (χ4n) is 2.46. The summed E-state index contributed by atoms with van der Waals surface area (Å²) in [5.41, 5.74) is 3.86. The van der Waals surface area contributed by atoms with E-state index in [4.69, 9.17) is 16.1 Å². The third-order valence-electron chi connectivity index (χ3n) is 3.39. The van der Waals surface area contributed by atoms with E-state index in [1.54, 1.807) is 0 Å². The zero-order valence-corrected chi connectivity index (χ0v) is 11.2. The van der Waals surface area contributed by atoms with E-state index < -0.39 is 0 Å². The highest BCUT2D eigenvalue weighted by atomic mass is 35.5. The highest BCUT2D eigenvalue weighted by molar-refractivity contribution is 6.30. The van der Waals surface area contributed by atoms with Crippen LogP contribution in [0.1, 0.15) is 35.6 Å². The Labute approximate surface area is 110 Å². The topological polar surface area (TPSA) is 51.8 Å². The molecule has 0 saturated heterocycles. The summed E-state index contributed by atoms with van der Waals surface area (Å²) < 4.78 is 5.16. The molecule has 1 aliphatic carbocycles. The highest BCUT2D eigenvalue weighted by Crippen LogP contribution is 2.30. The second kappa shape index (κ2) is 4.35. The number of rotatable bonds is 1. The number of fused-ring (bicyclic) bond motifs is 1. The lowest BCUT2D eigenvalue weighted by Crippen LogP contribution is -2.09. The third kappa shape index (κ3) is 1.81. The lowest BCUT2D eigenvalue weighted by atomic mass is 9.97. The van der Waals surface area contributed by atoms with Gasteiger partial charge >= 0.3 is 0 Å². The second-order valence-corrected chi connectivity index (χ2v) is 5.03. The van der Waals surface area contributed by atoms with Crippen LogP contribution in [0.2, 0.25) is 5.15 Å². The van der Waals surface area contributed by atoms with Crippen molar-refractivity contribution in [3.05, 3.63) is 27.9 Å². The minimum atomic E-state index is 0.578. The van der Waals surface area contributed by atoms with E-state index in [1.807, 2.05) is 13.8 Å². The van der Waals surface area contributed by atoms with E-state index in [2.05, 4.69) is 15.1 Å². The molecule has 0 aliphatic heterocycles. The van der Waals surface area contributed by atoms with Gasteiger partial charge in [0.15, 0.2) is 5.82 Å². The Bertz CT molecular complexity index is 587. The van der Waals surface area contributed by atoms with Gasteiger partial charge in [-0.25, -0.2) is 9.97 Å². The van der Waals surface area contributed by atoms with Gasteiger partial charge in [-0.3, -0.25) is 0 Å². The largest absolute Gasteiger partial charge is 0.361 e. The molecule has 0 amide bonds. The van der Waals surface area contributed by atoms with Gasteiger partial charge in [-0.2, -0.15) is 0 Å². The maximum Gasteiger partial charge on any atom is 0.166 e. The first-order valence-electron chi connectivity index (χ1n) is 6.15. The van der Waals surface area contributed by atoms with Gasteiger partial charge in [0.05, 0.1) is 11.3 Å². The van der Waals surface area contributed by atoms with Crippen molar-refractivity contribution < 1.29 is 4.52 Å². The standard InChI is InChI=1S/C13H14ClN3O/c1-7-11(8(2)18-17-7)13-15-10-6-4-3-5-9(10)12(14)16-13/h3-6H2,1-2H3. The van der Waals surface area contributed by atoms with Crippen molar-refractivity contribution in [1.82, 2.24) is 15.1 Å². The average molecular weight is 264 g/mol. The Morgan fingerprint density at radius 2 is 1.89 bits per heavy atom. The van der Waals surface area contributed by atoms with Gasteiger partial charge in [-0.05, 0) is 39.5 Å². The van der Waals surface area contributed by atoms with Gasteiger partial charge in [0.1, 0.15) is 10.9 Å². The predicted molar refractivity (Wildman–Crippen MR) is 68.7 cm³/mol. The van der Waals surface area contributed by atoms with Crippen molar-refractivity contribution >= 4 is 11.6 Å². The lowest BCUT2D eigenvalue weighted by molar-refractivity contribution is 0.393. The summed E-state index contributed by atoms with van der Waals surface area (Å²) in [4.78, 5) is 9.05. The van der Waals surface area contributed by atoms with Gasteiger partial charge in [0.2, 0.25) is 0 Å². The quantitative estimate of drug-likeness (QED) is 0.741. The smallest absolute Gasteiger partial charge is 0.166 e. The molecular weight excluding hydrogens is 250 g/mol. The Kier molecular flexibility index (Phi) is 2.82. The summed E-state index contributed by atoms with van der Waals surface area (Å²) >= 11 is 6.27. The zero-order valence-electron chi connectivity index (χ0n) is 10.5. The van der Waals surface area contributed by atoms with Crippen LogP contribution in [-0.4, -0.2) is 15.1 Å². The molecule has 0 atom stereocenters. The molecule has 0 saturated carbocycles. The van der Waals surface area contributed by atoms with Crippen LogP contribution < -0.4 is 0 Å². The molecule has 18 heavy (non-hydrogen) atoms. The minimum absolute atomic E-state index is 0.578. The number of aromatic nitrogens is 3. The fourth-order valence-corrected chi connectivity index (χ4v) is 2.75. The number of hydrogen-bond acceptors (Lipinski definition) is 4. The molecule has 1 aliphatic rings. The fraction of sp³-hybridized carbons (Fsp3) is 0.462. The molecule has 0 aromatic carbocycles. The first kappa shape index (κ1) is 11.7. The second-order valence-electron chi connectivity index (χ2n) is 4.67. The molecule has 94 valence electrons. The molecule has 0 radical (unpaired) electrons. The molecule has 0 bridgehead atoms. The van der Waals surface area contributed by atoms with Gasteiger partial charge in [0.25, 0.3) is 0 Å². The van der Waals surface area contributed by atoms with Gasteiger partial charge < -0.3 is 4.52 Å². The van der Waals surface area contributed by atoms with E-state index in [1.165, 1.54) is 12.8 Å². The Morgan fingerprint density at radius 3 is 2.61 bits per heavy atom. The Balaban J connectivity index is 2.17. The van der Waals surface area contributed by atoms with Gasteiger partial charge in [-0.1, -0.05) is 16.8 Å². The summed E-state index contributed by atoms with van der Waals surface area (Å²) in [6, 6.07) is 0. The molecular formula is C13H14ClN3O. The van der Waals surface area contributed by atoms with E-state index >= 15 is 0 Å². The van der Waals surface area contributed by atoms with Gasteiger partial charge in [-0.15, -0.1) is 0 Å². The average Bonchev–Trinajstić information content (AvgIpc) is 2.69. The third-order valence-corrected chi connectivity index (χ3v) is 3.70. The van der Waals surface area contributed by atoms with Crippen LogP contribution in [-0.2, 0) is 12.8 Å². The van der Waals surface area contributed by atoms with E-state index in [0.717, 1.165) is 41.1 Å².